The fourth-order valence-corrected chi connectivity index (χ4v) is 5.96. The number of carbonyl (C=O) groups excluding carboxylic acids is 3. The summed E-state index contributed by atoms with van der Waals surface area (Å²) < 4.78 is 6.64. The highest BCUT2D eigenvalue weighted by Gasteiger charge is 2.39. The van der Waals surface area contributed by atoms with Gasteiger partial charge in [-0.15, -0.1) is 0 Å². The molecule has 8 heteroatoms. The average molecular weight is 539 g/mol. The SMILES string of the molecule is O=C1CCC(N2Cc3cc(O[C@@H]4CN(Cc5ccccc5)CC[C@H]4NCc4ccccc4)ccc3C2=O)C(=O)N1. The molecular formula is C32H34N4O4. The van der Waals surface area contributed by atoms with E-state index >= 15 is 0 Å². The lowest BCUT2D eigenvalue weighted by atomic mass is 10.00. The molecule has 0 spiro atoms. The third-order valence-electron chi connectivity index (χ3n) is 8.09. The van der Waals surface area contributed by atoms with Crippen molar-refractivity contribution in [2.75, 3.05) is 13.1 Å². The lowest BCUT2D eigenvalue weighted by Gasteiger charge is -2.39. The summed E-state index contributed by atoms with van der Waals surface area (Å²) in [6.45, 7) is 3.72. The molecule has 0 bridgehead atoms. The van der Waals surface area contributed by atoms with Crippen molar-refractivity contribution >= 4 is 17.7 Å². The number of ether oxygens (including phenoxy) is 1. The van der Waals surface area contributed by atoms with E-state index in [1.54, 1.807) is 11.0 Å². The van der Waals surface area contributed by atoms with Crippen LogP contribution < -0.4 is 15.4 Å². The lowest BCUT2D eigenvalue weighted by Crippen LogP contribution is -2.54. The molecule has 8 nitrogen and oxygen atoms in total. The molecule has 3 aliphatic rings. The smallest absolute Gasteiger partial charge is 0.255 e. The Labute approximate surface area is 234 Å². The van der Waals surface area contributed by atoms with Crippen molar-refractivity contribution < 1.29 is 19.1 Å². The molecule has 6 rings (SSSR count). The first-order valence-corrected chi connectivity index (χ1v) is 14.0. The Morgan fingerprint density at radius 3 is 2.40 bits per heavy atom. The Balaban J connectivity index is 1.17. The van der Waals surface area contributed by atoms with E-state index in [1.165, 1.54) is 11.1 Å². The van der Waals surface area contributed by atoms with Gasteiger partial charge >= 0.3 is 0 Å². The zero-order valence-corrected chi connectivity index (χ0v) is 22.4. The second-order valence-corrected chi connectivity index (χ2v) is 10.9. The summed E-state index contributed by atoms with van der Waals surface area (Å²) in [5, 5.41) is 6.09. The molecule has 0 aliphatic carbocycles. The van der Waals surface area contributed by atoms with Gasteiger partial charge in [0.15, 0.2) is 0 Å². The predicted octanol–water partition coefficient (Wildman–Crippen LogP) is 3.26. The van der Waals surface area contributed by atoms with Gasteiger partial charge in [0.25, 0.3) is 5.91 Å². The van der Waals surface area contributed by atoms with E-state index < -0.39 is 11.9 Å². The van der Waals surface area contributed by atoms with Gasteiger partial charge in [0.1, 0.15) is 17.9 Å². The quantitative estimate of drug-likeness (QED) is 0.428. The molecule has 3 atom stereocenters. The summed E-state index contributed by atoms with van der Waals surface area (Å²) in [4.78, 5) is 41.1. The molecule has 0 radical (unpaired) electrons. The highest BCUT2D eigenvalue weighted by atomic mass is 16.5. The van der Waals surface area contributed by atoms with Crippen LogP contribution in [0, 0.1) is 0 Å². The fourth-order valence-electron chi connectivity index (χ4n) is 5.96. The minimum atomic E-state index is -0.626. The van der Waals surface area contributed by atoms with Crippen molar-refractivity contribution in [3.63, 3.8) is 0 Å². The molecule has 2 saturated heterocycles. The van der Waals surface area contributed by atoms with E-state index in [0.29, 0.717) is 18.5 Å². The van der Waals surface area contributed by atoms with Gasteiger partial charge in [-0.05, 0) is 47.7 Å². The summed E-state index contributed by atoms with van der Waals surface area (Å²) in [5.41, 5.74) is 3.95. The maximum absolute atomic E-state index is 13.1. The largest absolute Gasteiger partial charge is 0.487 e. The zero-order chi connectivity index (χ0) is 27.5. The monoisotopic (exact) mass is 538 g/mol. The molecule has 0 saturated carbocycles. The van der Waals surface area contributed by atoms with Gasteiger partial charge in [0.2, 0.25) is 11.8 Å². The van der Waals surface area contributed by atoms with E-state index in [4.69, 9.17) is 4.74 Å². The van der Waals surface area contributed by atoms with Gasteiger partial charge in [0.05, 0.1) is 0 Å². The number of amides is 3. The van der Waals surface area contributed by atoms with Crippen molar-refractivity contribution in [3.8, 4) is 5.75 Å². The number of nitrogens with one attached hydrogen (secondary N) is 2. The van der Waals surface area contributed by atoms with Crippen molar-refractivity contribution in [3.05, 3.63) is 101 Å². The number of hydrogen-bond acceptors (Lipinski definition) is 6. The van der Waals surface area contributed by atoms with Crippen LogP contribution in [-0.2, 0) is 29.2 Å². The van der Waals surface area contributed by atoms with Crippen LogP contribution >= 0.6 is 0 Å². The molecule has 3 aromatic rings. The topological polar surface area (TPSA) is 91.0 Å². The summed E-state index contributed by atoms with van der Waals surface area (Å²) in [6.07, 6.45) is 1.46. The van der Waals surface area contributed by atoms with Crippen LogP contribution in [0.5, 0.6) is 5.75 Å². The van der Waals surface area contributed by atoms with Crippen LogP contribution in [0.3, 0.4) is 0 Å². The predicted molar refractivity (Wildman–Crippen MR) is 150 cm³/mol. The highest BCUT2D eigenvalue weighted by molar-refractivity contribution is 6.05. The van der Waals surface area contributed by atoms with Gasteiger partial charge in [-0.2, -0.15) is 0 Å². The number of rotatable bonds is 8. The maximum atomic E-state index is 13.1. The van der Waals surface area contributed by atoms with Crippen molar-refractivity contribution in [1.29, 1.82) is 0 Å². The van der Waals surface area contributed by atoms with Crippen molar-refractivity contribution in [2.24, 2.45) is 0 Å². The number of likely N-dealkylation sites (tertiary alicyclic amines) is 1. The third kappa shape index (κ3) is 5.78. The van der Waals surface area contributed by atoms with Crippen molar-refractivity contribution in [2.45, 2.75) is 57.1 Å². The van der Waals surface area contributed by atoms with Crippen LogP contribution in [0.2, 0.25) is 0 Å². The van der Waals surface area contributed by atoms with E-state index in [0.717, 1.165) is 43.9 Å². The van der Waals surface area contributed by atoms with Crippen LogP contribution in [0.4, 0.5) is 0 Å². The summed E-state index contributed by atoms with van der Waals surface area (Å²) in [5.74, 6) is -0.146. The molecule has 3 aromatic carbocycles. The first-order chi connectivity index (χ1) is 19.5. The van der Waals surface area contributed by atoms with Gasteiger partial charge in [-0.3, -0.25) is 24.6 Å². The van der Waals surface area contributed by atoms with E-state index in [1.807, 2.05) is 24.3 Å². The number of hydrogen-bond donors (Lipinski definition) is 2. The number of nitrogens with zero attached hydrogens (tertiary/aromatic N) is 2. The Kier molecular flexibility index (Phi) is 7.62. The highest BCUT2D eigenvalue weighted by Crippen LogP contribution is 2.31. The fraction of sp³-hybridized carbons (Fsp3) is 0.344. The molecule has 1 unspecified atom stereocenters. The Morgan fingerprint density at radius 2 is 1.65 bits per heavy atom. The second kappa shape index (κ2) is 11.6. The molecule has 40 heavy (non-hydrogen) atoms. The van der Waals surface area contributed by atoms with Gasteiger partial charge in [-0.25, -0.2) is 0 Å². The Bertz CT molecular complexity index is 1380. The summed E-state index contributed by atoms with van der Waals surface area (Å²) in [6, 6.07) is 26.0. The Hall–Kier alpha value is -4.01. The van der Waals surface area contributed by atoms with Crippen LogP contribution in [0.1, 0.15) is 46.3 Å². The molecule has 2 N–H and O–H groups in total. The molecule has 0 aromatic heterocycles. The second-order valence-electron chi connectivity index (χ2n) is 10.9. The lowest BCUT2D eigenvalue weighted by molar-refractivity contribution is -0.136. The molecule has 3 heterocycles. The third-order valence-corrected chi connectivity index (χ3v) is 8.09. The molecule has 3 amide bonds. The van der Waals surface area contributed by atoms with Gasteiger partial charge < -0.3 is 15.0 Å². The molecule has 2 fully saturated rings. The maximum Gasteiger partial charge on any atom is 0.255 e. The van der Waals surface area contributed by atoms with Crippen LogP contribution in [-0.4, -0.2) is 58.8 Å². The van der Waals surface area contributed by atoms with Crippen molar-refractivity contribution in [1.82, 2.24) is 20.4 Å². The average Bonchev–Trinajstić information content (AvgIpc) is 3.29. The van der Waals surface area contributed by atoms with E-state index in [-0.39, 0.29) is 30.4 Å². The number of piperidine rings is 2. The number of imide groups is 1. The first kappa shape index (κ1) is 26.2. The normalized spacial score (nSPS) is 23.1. The summed E-state index contributed by atoms with van der Waals surface area (Å²) >= 11 is 0. The van der Waals surface area contributed by atoms with E-state index in [9.17, 15) is 14.4 Å². The minimum Gasteiger partial charge on any atom is -0.487 e. The number of carbonyl (C=O) groups is 3. The van der Waals surface area contributed by atoms with Crippen LogP contribution in [0.25, 0.3) is 0 Å². The minimum absolute atomic E-state index is 0.0810. The van der Waals surface area contributed by atoms with Crippen LogP contribution in [0.15, 0.2) is 78.9 Å². The first-order valence-electron chi connectivity index (χ1n) is 14.0. The standard InChI is InChI=1S/C32H34N4O4/c37-30-14-13-28(31(38)34-30)36-20-24-17-25(11-12-26(24)32(36)39)40-29-21-35(19-23-9-5-2-6-10-23)16-15-27(29)33-18-22-7-3-1-4-8-22/h1-12,17,27-29,33H,13-16,18-21H2,(H,34,37,38)/t27-,28?,29-/m1/s1. The molecule has 206 valence electrons. The summed E-state index contributed by atoms with van der Waals surface area (Å²) in [7, 11) is 0. The zero-order valence-electron chi connectivity index (χ0n) is 22.4. The Morgan fingerprint density at radius 1 is 0.900 bits per heavy atom. The number of fused-ring (bicyclic) bond motifs is 1. The number of benzene rings is 3. The van der Waals surface area contributed by atoms with Gasteiger partial charge in [-0.1, -0.05) is 60.7 Å². The van der Waals surface area contributed by atoms with E-state index in [2.05, 4.69) is 64.1 Å². The van der Waals surface area contributed by atoms with Gasteiger partial charge in [0, 0.05) is 50.7 Å². The molecule has 3 aliphatic heterocycles. The molecular weight excluding hydrogens is 504 g/mol.